The summed E-state index contributed by atoms with van der Waals surface area (Å²) in [6, 6.07) is 12.7. The van der Waals surface area contributed by atoms with E-state index in [4.69, 9.17) is 11.6 Å². The van der Waals surface area contributed by atoms with Gasteiger partial charge >= 0.3 is 0 Å². The number of nitrogens with zero attached hydrogens (tertiary/aromatic N) is 1. The summed E-state index contributed by atoms with van der Waals surface area (Å²) in [5, 5.41) is 6.54. The topological polar surface area (TPSA) is 61.4 Å². The third kappa shape index (κ3) is 6.95. The van der Waals surface area contributed by atoms with E-state index in [0.29, 0.717) is 17.5 Å². The molecule has 0 aromatic heterocycles. The lowest BCUT2D eigenvalue weighted by atomic mass is 9.68. The van der Waals surface area contributed by atoms with Crippen LogP contribution in [0.1, 0.15) is 82.3 Å². The van der Waals surface area contributed by atoms with Crippen LogP contribution in [0.15, 0.2) is 42.5 Å². The van der Waals surface area contributed by atoms with Crippen LogP contribution in [0.5, 0.6) is 0 Å². The third-order valence-electron chi connectivity index (χ3n) is 8.26. The smallest absolute Gasteiger partial charge is 0.230 e. The van der Waals surface area contributed by atoms with Gasteiger partial charge in [-0.15, -0.1) is 0 Å². The molecule has 0 spiro atoms. The molecule has 0 unspecified atom stereocenters. The van der Waals surface area contributed by atoms with Crippen LogP contribution in [0.25, 0.3) is 0 Å². The predicted octanol–water partition coefficient (Wildman–Crippen LogP) is 6.66. The van der Waals surface area contributed by atoms with Crippen molar-refractivity contribution in [3.8, 4) is 0 Å². The molecule has 0 atom stereocenters. The van der Waals surface area contributed by atoms with E-state index in [1.54, 1.807) is 6.07 Å². The SMILES string of the molecule is CC(C)C(=O)Nc1cccc(C2CCN(CCCNC(=O)C3(c4ccc(F)cc4Cl)CCCCC3)CC2)c1. The minimum atomic E-state index is -0.662. The average molecular weight is 542 g/mol. The largest absolute Gasteiger partial charge is 0.355 e. The summed E-state index contributed by atoms with van der Waals surface area (Å²) in [6.45, 7) is 7.41. The lowest BCUT2D eigenvalue weighted by molar-refractivity contribution is -0.128. The summed E-state index contributed by atoms with van der Waals surface area (Å²) in [7, 11) is 0. The van der Waals surface area contributed by atoms with Gasteiger partial charge in [0.1, 0.15) is 5.82 Å². The van der Waals surface area contributed by atoms with E-state index in [2.05, 4.69) is 27.7 Å². The maximum absolute atomic E-state index is 13.7. The molecule has 2 aromatic carbocycles. The highest BCUT2D eigenvalue weighted by Gasteiger charge is 2.42. The number of rotatable bonds is 9. The first kappa shape index (κ1) is 28.6. The van der Waals surface area contributed by atoms with Gasteiger partial charge in [0.25, 0.3) is 0 Å². The number of amides is 2. The molecule has 1 heterocycles. The van der Waals surface area contributed by atoms with Crippen molar-refractivity contribution in [2.75, 3.05) is 31.5 Å². The number of halogens is 2. The first-order valence-corrected chi connectivity index (χ1v) is 14.5. The molecule has 1 saturated carbocycles. The van der Waals surface area contributed by atoms with E-state index in [1.807, 2.05) is 26.0 Å². The molecular weight excluding hydrogens is 501 g/mol. The van der Waals surface area contributed by atoms with E-state index in [9.17, 15) is 14.0 Å². The summed E-state index contributed by atoms with van der Waals surface area (Å²) in [6.07, 6.45) is 7.62. The van der Waals surface area contributed by atoms with Gasteiger partial charge in [0.2, 0.25) is 11.8 Å². The van der Waals surface area contributed by atoms with Crippen LogP contribution >= 0.6 is 11.6 Å². The molecule has 0 bridgehead atoms. The Morgan fingerprint density at radius 2 is 1.82 bits per heavy atom. The summed E-state index contributed by atoms with van der Waals surface area (Å²) in [5.74, 6) is 0.140. The minimum absolute atomic E-state index is 0.0221. The Morgan fingerprint density at radius 3 is 2.50 bits per heavy atom. The molecule has 4 rings (SSSR count). The fourth-order valence-corrected chi connectivity index (χ4v) is 6.32. The molecule has 0 radical (unpaired) electrons. The van der Waals surface area contributed by atoms with Crippen LogP contribution in [-0.2, 0) is 15.0 Å². The van der Waals surface area contributed by atoms with Crippen molar-refractivity contribution in [3.63, 3.8) is 0 Å². The molecule has 1 aliphatic heterocycles. The Kier molecular flexibility index (Phi) is 9.83. The van der Waals surface area contributed by atoms with E-state index in [-0.39, 0.29) is 23.5 Å². The number of benzene rings is 2. The lowest BCUT2D eigenvalue weighted by Crippen LogP contribution is -2.46. The van der Waals surface area contributed by atoms with E-state index in [1.165, 1.54) is 17.7 Å². The van der Waals surface area contributed by atoms with Gasteiger partial charge in [-0.3, -0.25) is 9.59 Å². The first-order chi connectivity index (χ1) is 18.3. The molecule has 2 fully saturated rings. The maximum atomic E-state index is 13.7. The molecule has 5 nitrogen and oxygen atoms in total. The number of piperidine rings is 1. The van der Waals surface area contributed by atoms with Gasteiger partial charge in [-0.25, -0.2) is 4.39 Å². The highest BCUT2D eigenvalue weighted by molar-refractivity contribution is 6.31. The maximum Gasteiger partial charge on any atom is 0.230 e. The van der Waals surface area contributed by atoms with E-state index < -0.39 is 5.41 Å². The molecular formula is C31H41ClFN3O2. The van der Waals surface area contributed by atoms with Crippen molar-refractivity contribution in [1.29, 1.82) is 0 Å². The van der Waals surface area contributed by atoms with Gasteiger partial charge in [-0.2, -0.15) is 0 Å². The zero-order valence-corrected chi connectivity index (χ0v) is 23.5. The van der Waals surface area contributed by atoms with Crippen LogP contribution in [0.4, 0.5) is 10.1 Å². The number of carbonyl (C=O) groups is 2. The zero-order valence-electron chi connectivity index (χ0n) is 22.7. The first-order valence-electron chi connectivity index (χ1n) is 14.2. The number of hydrogen-bond acceptors (Lipinski definition) is 3. The van der Waals surface area contributed by atoms with E-state index >= 15 is 0 Å². The monoisotopic (exact) mass is 541 g/mol. The highest BCUT2D eigenvalue weighted by atomic mass is 35.5. The van der Waals surface area contributed by atoms with Crippen LogP contribution in [-0.4, -0.2) is 42.9 Å². The zero-order chi connectivity index (χ0) is 27.1. The Morgan fingerprint density at radius 1 is 1.08 bits per heavy atom. The predicted molar refractivity (Wildman–Crippen MR) is 152 cm³/mol. The van der Waals surface area contributed by atoms with Crippen LogP contribution in [0, 0.1) is 11.7 Å². The lowest BCUT2D eigenvalue weighted by Gasteiger charge is -2.37. The van der Waals surface area contributed by atoms with Gasteiger partial charge in [0, 0.05) is 23.2 Å². The number of nitrogens with one attached hydrogen (secondary N) is 2. The van der Waals surface area contributed by atoms with Crippen LogP contribution in [0.3, 0.4) is 0 Å². The Bertz CT molecular complexity index is 1110. The van der Waals surface area contributed by atoms with Crippen molar-refractivity contribution in [2.24, 2.45) is 5.92 Å². The van der Waals surface area contributed by atoms with Gasteiger partial charge in [-0.1, -0.05) is 62.9 Å². The number of anilines is 1. The normalized spacial score (nSPS) is 18.3. The molecule has 38 heavy (non-hydrogen) atoms. The minimum Gasteiger partial charge on any atom is -0.355 e. The molecule has 1 saturated heterocycles. The fourth-order valence-electron chi connectivity index (χ4n) is 5.97. The Labute approximate surface area is 231 Å². The van der Waals surface area contributed by atoms with Gasteiger partial charge in [-0.05, 0) is 93.0 Å². The highest BCUT2D eigenvalue weighted by Crippen LogP contribution is 2.42. The molecule has 206 valence electrons. The molecule has 2 N–H and O–H groups in total. The van der Waals surface area contributed by atoms with Gasteiger partial charge in [0.15, 0.2) is 0 Å². The summed E-state index contributed by atoms with van der Waals surface area (Å²) in [5.41, 5.74) is 2.25. The van der Waals surface area contributed by atoms with Crippen LogP contribution in [0.2, 0.25) is 5.02 Å². The van der Waals surface area contributed by atoms with Crippen molar-refractivity contribution >= 4 is 29.1 Å². The molecule has 2 aromatic rings. The third-order valence-corrected chi connectivity index (χ3v) is 8.58. The van der Waals surface area contributed by atoms with E-state index in [0.717, 1.165) is 82.3 Å². The second kappa shape index (κ2) is 13.1. The molecule has 7 heteroatoms. The Balaban J connectivity index is 1.24. The summed E-state index contributed by atoms with van der Waals surface area (Å²) >= 11 is 6.41. The molecule has 2 aliphatic rings. The number of hydrogen-bond donors (Lipinski definition) is 2. The molecule has 1 aliphatic carbocycles. The Hall–Kier alpha value is -2.44. The summed E-state index contributed by atoms with van der Waals surface area (Å²) < 4.78 is 13.7. The van der Waals surface area contributed by atoms with Crippen LogP contribution < -0.4 is 10.6 Å². The van der Waals surface area contributed by atoms with Crippen molar-refractivity contribution in [1.82, 2.24) is 10.2 Å². The second-order valence-corrected chi connectivity index (χ2v) is 11.7. The summed E-state index contributed by atoms with van der Waals surface area (Å²) in [4.78, 5) is 28.0. The van der Waals surface area contributed by atoms with Gasteiger partial charge in [0.05, 0.1) is 5.41 Å². The van der Waals surface area contributed by atoms with Crippen molar-refractivity contribution in [2.45, 2.75) is 76.5 Å². The molecule has 2 amide bonds. The quantitative estimate of drug-likeness (QED) is 0.349. The van der Waals surface area contributed by atoms with Gasteiger partial charge < -0.3 is 15.5 Å². The number of likely N-dealkylation sites (tertiary alicyclic amines) is 1. The standard InChI is InChI=1S/C31H41ClFN3O2/c1-22(2)29(37)35-26-9-6-8-24(20-26)23-12-18-36(19-13-23)17-7-16-34-30(38)31(14-4-3-5-15-31)27-11-10-25(33)21-28(27)32/h6,8-11,20-23H,3-5,7,12-19H2,1-2H3,(H,34,38)(H,35,37). The fraction of sp³-hybridized carbons (Fsp3) is 0.548. The average Bonchev–Trinajstić information content (AvgIpc) is 2.91. The van der Waals surface area contributed by atoms with Crippen molar-refractivity contribution in [3.05, 3.63) is 64.4 Å². The second-order valence-electron chi connectivity index (χ2n) is 11.3. The van der Waals surface area contributed by atoms with Crippen molar-refractivity contribution < 1.29 is 14.0 Å². The number of carbonyl (C=O) groups excluding carboxylic acids is 2.